The van der Waals surface area contributed by atoms with Gasteiger partial charge in [0.1, 0.15) is 17.4 Å². The van der Waals surface area contributed by atoms with Gasteiger partial charge in [-0.3, -0.25) is 0 Å². The summed E-state index contributed by atoms with van der Waals surface area (Å²) >= 11 is 0. The quantitative estimate of drug-likeness (QED) is 0.875. The smallest absolute Gasteiger partial charge is 0.135 e. The maximum absolute atomic E-state index is 12.7. The first kappa shape index (κ1) is 18.4. The minimum Gasteiger partial charge on any atom is -0.784 e. The second kappa shape index (κ2) is 5.55. The molecular weight excluding hydrogens is 316 g/mol. The van der Waals surface area contributed by atoms with Crippen molar-refractivity contribution >= 4 is 11.0 Å². The van der Waals surface area contributed by atoms with Gasteiger partial charge in [-0.25, -0.2) is 0 Å². The molecule has 25 heavy (non-hydrogen) atoms. The third kappa shape index (κ3) is 2.99. The van der Waals surface area contributed by atoms with E-state index in [1.165, 1.54) is 0 Å². The second-order valence-electron chi connectivity index (χ2n) is 9.14. The first-order valence-electron chi connectivity index (χ1n) is 8.83. The Hall–Kier alpha value is -1.40. The minimum atomic E-state index is -0.710. The van der Waals surface area contributed by atoms with Gasteiger partial charge >= 0.3 is 0 Å². The number of nitrogens with one attached hydrogen (secondary N) is 1. The van der Waals surface area contributed by atoms with Crippen molar-refractivity contribution < 1.29 is 9.52 Å². The highest BCUT2D eigenvalue weighted by molar-refractivity contribution is 5.81. The van der Waals surface area contributed by atoms with Crippen LogP contribution in [-0.2, 0) is 11.1 Å². The molecule has 1 aromatic heterocycles. The first-order chi connectivity index (χ1) is 11.3. The number of furan rings is 1. The normalized spacial score (nSPS) is 20.8. The van der Waals surface area contributed by atoms with Crippen molar-refractivity contribution in [3.05, 3.63) is 40.3 Å². The summed E-state index contributed by atoms with van der Waals surface area (Å²) in [5.41, 5.74) is 1.46. The summed E-state index contributed by atoms with van der Waals surface area (Å²) in [5, 5.41) is 28.5. The maximum Gasteiger partial charge on any atom is 0.135 e. The maximum atomic E-state index is 12.7. The van der Waals surface area contributed by atoms with Crippen molar-refractivity contribution in [1.29, 1.82) is 0 Å². The molecule has 0 spiro atoms. The van der Waals surface area contributed by atoms with Crippen LogP contribution in [0.2, 0.25) is 0 Å². The first-order valence-corrected chi connectivity index (χ1v) is 8.83. The summed E-state index contributed by atoms with van der Waals surface area (Å²) in [6, 6.07) is 5.86. The fourth-order valence-electron chi connectivity index (χ4n) is 3.71. The number of benzene rings is 1. The van der Waals surface area contributed by atoms with Crippen LogP contribution in [0.3, 0.4) is 0 Å². The van der Waals surface area contributed by atoms with Crippen molar-refractivity contribution in [2.75, 3.05) is 6.54 Å². The molecule has 0 radical (unpaired) electrons. The van der Waals surface area contributed by atoms with E-state index in [1.54, 1.807) is 0 Å². The van der Waals surface area contributed by atoms with Gasteiger partial charge in [-0.15, -0.1) is 0 Å². The average Bonchev–Trinajstić information content (AvgIpc) is 2.97. The number of fused-ring (bicyclic) bond motifs is 2. The van der Waals surface area contributed by atoms with Crippen LogP contribution < -0.4 is 5.32 Å². The van der Waals surface area contributed by atoms with Crippen LogP contribution >= 0.6 is 0 Å². The lowest BCUT2D eigenvalue weighted by Gasteiger charge is -2.46. The summed E-state index contributed by atoms with van der Waals surface area (Å²) in [5.74, 6) is 0.546. The fraction of sp³-hybridized carbons (Fsp3) is 0.600. The van der Waals surface area contributed by atoms with Gasteiger partial charge in [-0.1, -0.05) is 0 Å². The van der Waals surface area contributed by atoms with Crippen LogP contribution in [0.1, 0.15) is 71.5 Å². The predicted molar refractivity (Wildman–Crippen MR) is 100 cm³/mol. The molecule has 1 aromatic carbocycles. The summed E-state index contributed by atoms with van der Waals surface area (Å²) in [6.07, 6.45) is -0.710. The fourth-order valence-corrected chi connectivity index (χ4v) is 3.71. The molecule has 138 valence electrons. The van der Waals surface area contributed by atoms with Crippen molar-refractivity contribution in [1.82, 2.24) is 10.4 Å². The van der Waals surface area contributed by atoms with Crippen LogP contribution in [0.15, 0.2) is 22.6 Å². The molecule has 0 aliphatic carbocycles. The Morgan fingerprint density at radius 3 is 2.24 bits per heavy atom. The molecule has 0 saturated carbocycles. The summed E-state index contributed by atoms with van der Waals surface area (Å²) < 4.78 is 5.91. The van der Waals surface area contributed by atoms with Crippen LogP contribution in [-0.4, -0.2) is 22.3 Å². The van der Waals surface area contributed by atoms with Gasteiger partial charge in [-0.2, -0.15) is 0 Å². The monoisotopic (exact) mass is 345 g/mol. The number of hydroxylamine groups is 2. The molecule has 1 aliphatic heterocycles. The highest BCUT2D eigenvalue weighted by Gasteiger charge is 2.44. The highest BCUT2D eigenvalue weighted by Crippen LogP contribution is 2.50. The van der Waals surface area contributed by atoms with E-state index in [4.69, 9.17) is 4.42 Å². The predicted octanol–water partition coefficient (Wildman–Crippen LogP) is 4.14. The van der Waals surface area contributed by atoms with E-state index in [1.807, 2.05) is 45.9 Å². The molecule has 2 heterocycles. The van der Waals surface area contributed by atoms with E-state index >= 15 is 0 Å². The van der Waals surface area contributed by atoms with E-state index in [0.29, 0.717) is 17.9 Å². The van der Waals surface area contributed by atoms with Crippen molar-refractivity contribution in [3.63, 3.8) is 0 Å². The third-order valence-corrected chi connectivity index (χ3v) is 5.16. The van der Waals surface area contributed by atoms with Crippen LogP contribution in [0.25, 0.3) is 11.0 Å². The Morgan fingerprint density at radius 2 is 1.68 bits per heavy atom. The van der Waals surface area contributed by atoms with Gasteiger partial charge in [0, 0.05) is 28.5 Å². The van der Waals surface area contributed by atoms with Gasteiger partial charge in [0.05, 0.1) is 0 Å². The zero-order valence-corrected chi connectivity index (χ0v) is 16.2. The minimum absolute atomic E-state index is 0.0696. The van der Waals surface area contributed by atoms with Gasteiger partial charge in [0.2, 0.25) is 0 Å². The van der Waals surface area contributed by atoms with Crippen LogP contribution in [0.5, 0.6) is 0 Å². The summed E-state index contributed by atoms with van der Waals surface area (Å²) in [7, 11) is 0. The zero-order valence-electron chi connectivity index (χ0n) is 16.2. The lowest BCUT2D eigenvalue weighted by atomic mass is 9.89. The molecule has 0 bridgehead atoms. The van der Waals surface area contributed by atoms with Crippen LogP contribution in [0.4, 0.5) is 0 Å². The standard InChI is InChI=1S/C20H29N2O3/c1-18(2,3)21-11-15(23)17-9-12-8-13-14(10-16(12)25-17)20(6,7)22(24)19(13,4)5/h8-10,15,21,23H,11H2,1-7H3/q-1. The number of aliphatic hydroxyl groups is 1. The van der Waals surface area contributed by atoms with E-state index in [9.17, 15) is 10.3 Å². The number of nitrogens with zero attached hydrogens (tertiary/aromatic N) is 1. The molecule has 1 unspecified atom stereocenters. The van der Waals surface area contributed by atoms with Gasteiger partial charge in [0.25, 0.3) is 0 Å². The lowest BCUT2D eigenvalue weighted by Crippen LogP contribution is -2.40. The SMILES string of the molecule is CC(C)(C)NCC(O)c1cc2cc3c(cc2o1)C(C)(C)N([O-])C3(C)C. The van der Waals surface area contributed by atoms with E-state index in [0.717, 1.165) is 21.6 Å². The highest BCUT2D eigenvalue weighted by atomic mass is 16.5. The van der Waals surface area contributed by atoms with Crippen LogP contribution in [0, 0.1) is 5.21 Å². The molecule has 1 atom stereocenters. The van der Waals surface area contributed by atoms with Crippen molar-refractivity contribution in [3.8, 4) is 0 Å². The molecule has 2 aromatic rings. The van der Waals surface area contributed by atoms with Gasteiger partial charge in [-0.05, 0) is 77.8 Å². The van der Waals surface area contributed by atoms with Crippen molar-refractivity contribution in [2.45, 2.75) is 71.2 Å². The van der Waals surface area contributed by atoms with E-state index < -0.39 is 17.2 Å². The van der Waals surface area contributed by atoms with E-state index in [-0.39, 0.29) is 5.54 Å². The summed E-state index contributed by atoms with van der Waals surface area (Å²) in [6.45, 7) is 14.4. The molecule has 2 N–H and O–H groups in total. The number of rotatable bonds is 3. The van der Waals surface area contributed by atoms with E-state index in [2.05, 4.69) is 26.1 Å². The Bertz CT molecular complexity index is 746. The number of hydrogen-bond donors (Lipinski definition) is 2. The Morgan fingerprint density at radius 1 is 1.12 bits per heavy atom. The average molecular weight is 345 g/mol. The molecule has 5 heteroatoms. The molecule has 0 amide bonds. The molecule has 0 saturated heterocycles. The molecule has 1 aliphatic rings. The number of hydrogen-bond acceptors (Lipinski definition) is 5. The topological polar surface area (TPSA) is 71.7 Å². The Balaban J connectivity index is 1.99. The van der Waals surface area contributed by atoms with Gasteiger partial charge in [0.15, 0.2) is 0 Å². The number of aliphatic hydroxyl groups excluding tert-OH is 1. The second-order valence-corrected chi connectivity index (χ2v) is 9.14. The molecule has 5 nitrogen and oxygen atoms in total. The number of β-amino-alcohol motifs (C(OH)–C–C–N with tert-alkyl or cyclic N) is 1. The van der Waals surface area contributed by atoms with Crippen molar-refractivity contribution in [2.24, 2.45) is 0 Å². The lowest BCUT2D eigenvalue weighted by molar-refractivity contribution is 0.101. The molecule has 3 rings (SSSR count). The Kier molecular flexibility index (Phi) is 4.08. The molecule has 0 fully saturated rings. The Labute approximate surface area is 149 Å². The third-order valence-electron chi connectivity index (χ3n) is 5.16. The summed E-state index contributed by atoms with van der Waals surface area (Å²) in [4.78, 5) is 0. The van der Waals surface area contributed by atoms with Gasteiger partial charge < -0.3 is 25.1 Å². The largest absolute Gasteiger partial charge is 0.784 e. The zero-order chi connectivity index (χ0) is 18.8. The molecular formula is C20H29N2O3-.